The van der Waals surface area contributed by atoms with E-state index in [0.29, 0.717) is 22.3 Å². The predicted molar refractivity (Wildman–Crippen MR) is 90.5 cm³/mol. The fraction of sp³-hybridized carbons (Fsp3) is 0.278. The zero-order valence-corrected chi connectivity index (χ0v) is 14.3. The average Bonchev–Trinajstić information content (AvgIpc) is 2.89. The van der Waals surface area contributed by atoms with Crippen LogP contribution in [0.4, 0.5) is 13.2 Å². The molecule has 0 radical (unpaired) electrons. The summed E-state index contributed by atoms with van der Waals surface area (Å²) in [5.74, 6) is -0.723. The summed E-state index contributed by atoms with van der Waals surface area (Å²) < 4.78 is 40.5. The summed E-state index contributed by atoms with van der Waals surface area (Å²) in [6, 6.07) is 10.3. The van der Waals surface area contributed by atoms with E-state index in [1.807, 2.05) is 0 Å². The molecule has 3 rings (SSSR count). The molecule has 0 fully saturated rings. The molecule has 0 N–H and O–H groups in total. The van der Waals surface area contributed by atoms with Gasteiger partial charge >= 0.3 is 6.18 Å². The third-order valence-corrected chi connectivity index (χ3v) is 3.95. The Morgan fingerprint density at radius 3 is 2.62 bits per heavy atom. The van der Waals surface area contributed by atoms with Crippen LogP contribution in [-0.4, -0.2) is 38.3 Å². The zero-order valence-electron chi connectivity index (χ0n) is 14.3. The Bertz CT molecular complexity index is 949. The molecule has 2 heterocycles. The second-order valence-corrected chi connectivity index (χ2v) is 6.09. The van der Waals surface area contributed by atoms with Gasteiger partial charge in [0.2, 0.25) is 0 Å². The summed E-state index contributed by atoms with van der Waals surface area (Å²) in [6.07, 6.45) is -3.20. The molecule has 0 saturated heterocycles. The van der Waals surface area contributed by atoms with Gasteiger partial charge in [-0.25, -0.2) is 0 Å². The summed E-state index contributed by atoms with van der Waals surface area (Å²) in [5.41, 5.74) is 1.99. The molecule has 0 bridgehead atoms. The number of fused-ring (bicyclic) bond motifs is 1. The third-order valence-electron chi connectivity index (χ3n) is 3.95. The minimum atomic E-state index is -4.51. The van der Waals surface area contributed by atoms with Gasteiger partial charge in [0.05, 0.1) is 29.0 Å². The molecular weight excluding hydrogens is 345 g/mol. The van der Waals surface area contributed by atoms with Gasteiger partial charge in [-0.3, -0.25) is 14.5 Å². The molecule has 0 saturated carbocycles. The first-order valence-corrected chi connectivity index (χ1v) is 7.93. The van der Waals surface area contributed by atoms with Crippen LogP contribution in [0, 0.1) is 6.92 Å². The highest BCUT2D eigenvalue weighted by molar-refractivity contribution is 5.97. The van der Waals surface area contributed by atoms with Gasteiger partial charge in [0.15, 0.2) is 0 Å². The number of carbonyl (C=O) groups excluding carboxylic acids is 1. The van der Waals surface area contributed by atoms with Crippen molar-refractivity contribution in [3.8, 4) is 0 Å². The van der Waals surface area contributed by atoms with Crippen LogP contribution in [0.5, 0.6) is 0 Å². The molecule has 3 aromatic rings. The highest BCUT2D eigenvalue weighted by Crippen LogP contribution is 2.21. The minimum Gasteiger partial charge on any atom is -0.324 e. The lowest BCUT2D eigenvalue weighted by atomic mass is 10.1. The number of rotatable bonds is 4. The van der Waals surface area contributed by atoms with Crippen LogP contribution in [0.15, 0.2) is 42.6 Å². The number of carbonyl (C=O) groups is 1. The van der Waals surface area contributed by atoms with E-state index in [1.54, 1.807) is 50.4 Å². The summed E-state index contributed by atoms with van der Waals surface area (Å²) in [4.78, 5) is 17.7. The fourth-order valence-corrected chi connectivity index (χ4v) is 2.79. The number of pyridine rings is 1. The Balaban J connectivity index is 1.93. The highest BCUT2D eigenvalue weighted by Gasteiger charge is 2.34. The number of hydrogen-bond acceptors (Lipinski definition) is 3. The number of para-hydroxylation sites is 1. The monoisotopic (exact) mass is 362 g/mol. The second-order valence-electron chi connectivity index (χ2n) is 6.09. The van der Waals surface area contributed by atoms with Crippen LogP contribution in [0.25, 0.3) is 10.9 Å². The van der Waals surface area contributed by atoms with Gasteiger partial charge in [-0.05, 0) is 25.1 Å². The van der Waals surface area contributed by atoms with Crippen LogP contribution in [-0.2, 0) is 13.6 Å². The topological polar surface area (TPSA) is 51.0 Å². The normalized spacial score (nSPS) is 11.7. The Kier molecular flexibility index (Phi) is 4.67. The van der Waals surface area contributed by atoms with Gasteiger partial charge in [-0.1, -0.05) is 18.2 Å². The van der Waals surface area contributed by atoms with Crippen LogP contribution in [0.1, 0.15) is 21.7 Å². The van der Waals surface area contributed by atoms with Crippen molar-refractivity contribution in [3.63, 3.8) is 0 Å². The zero-order chi connectivity index (χ0) is 18.9. The predicted octanol–water partition coefficient (Wildman–Crippen LogP) is 3.48. The van der Waals surface area contributed by atoms with E-state index in [2.05, 4.69) is 10.1 Å². The Morgan fingerprint density at radius 1 is 1.23 bits per heavy atom. The van der Waals surface area contributed by atoms with Gasteiger partial charge in [0.25, 0.3) is 5.91 Å². The number of amides is 1. The highest BCUT2D eigenvalue weighted by atomic mass is 19.4. The lowest BCUT2D eigenvalue weighted by molar-refractivity contribution is -0.141. The summed E-state index contributed by atoms with van der Waals surface area (Å²) in [6.45, 7) is 0.206. The molecule has 1 amide bonds. The molecule has 1 aromatic carbocycles. The largest absolute Gasteiger partial charge is 0.406 e. The van der Waals surface area contributed by atoms with E-state index in [0.717, 1.165) is 4.90 Å². The van der Waals surface area contributed by atoms with Gasteiger partial charge in [-0.15, -0.1) is 0 Å². The van der Waals surface area contributed by atoms with E-state index in [-0.39, 0.29) is 12.1 Å². The Labute approximate surface area is 148 Å². The van der Waals surface area contributed by atoms with Crippen LogP contribution >= 0.6 is 0 Å². The van der Waals surface area contributed by atoms with E-state index in [4.69, 9.17) is 0 Å². The molecule has 0 aliphatic rings. The lowest BCUT2D eigenvalue weighted by Crippen LogP contribution is -2.39. The maximum Gasteiger partial charge on any atom is 0.406 e. The summed E-state index contributed by atoms with van der Waals surface area (Å²) in [7, 11) is 1.64. The number of halogens is 3. The number of benzene rings is 1. The smallest absolute Gasteiger partial charge is 0.324 e. The first-order valence-electron chi connectivity index (χ1n) is 7.93. The quantitative estimate of drug-likeness (QED) is 0.714. The molecule has 136 valence electrons. The van der Waals surface area contributed by atoms with Crippen LogP contribution in [0.2, 0.25) is 0 Å². The maximum atomic E-state index is 13.0. The van der Waals surface area contributed by atoms with Crippen molar-refractivity contribution in [1.82, 2.24) is 19.7 Å². The SMILES string of the molecule is Cc1cc(CN(CC(F)(F)F)C(=O)c2cnc3ccccc3c2)n(C)n1. The van der Waals surface area contributed by atoms with Gasteiger partial charge in [-0.2, -0.15) is 18.3 Å². The van der Waals surface area contributed by atoms with Crippen molar-refractivity contribution in [2.24, 2.45) is 7.05 Å². The van der Waals surface area contributed by atoms with E-state index in [1.165, 1.54) is 10.9 Å². The first-order chi connectivity index (χ1) is 12.2. The Hall–Kier alpha value is -2.90. The molecular formula is C18H17F3N4O. The lowest BCUT2D eigenvalue weighted by Gasteiger charge is -2.24. The average molecular weight is 362 g/mol. The molecule has 0 spiro atoms. The molecule has 8 heteroatoms. The maximum absolute atomic E-state index is 13.0. The summed E-state index contributed by atoms with van der Waals surface area (Å²) in [5, 5.41) is 4.81. The third kappa shape index (κ3) is 4.01. The molecule has 0 aliphatic carbocycles. The number of alkyl halides is 3. The standard InChI is InChI=1S/C18H17F3N4O/c1-12-7-15(24(2)23-12)10-25(11-18(19,20)21)17(26)14-8-13-5-3-4-6-16(13)22-9-14/h3-9H,10-11H2,1-2H3. The van der Waals surface area contributed by atoms with Crippen molar-refractivity contribution in [2.45, 2.75) is 19.6 Å². The van der Waals surface area contributed by atoms with Crippen molar-refractivity contribution in [2.75, 3.05) is 6.54 Å². The summed E-state index contributed by atoms with van der Waals surface area (Å²) >= 11 is 0. The van der Waals surface area contributed by atoms with E-state index in [9.17, 15) is 18.0 Å². The molecule has 5 nitrogen and oxygen atoms in total. The molecule has 0 aliphatic heterocycles. The van der Waals surface area contributed by atoms with Crippen molar-refractivity contribution in [3.05, 3.63) is 59.5 Å². The fourth-order valence-electron chi connectivity index (χ4n) is 2.79. The molecule has 26 heavy (non-hydrogen) atoms. The first kappa shape index (κ1) is 17.9. The van der Waals surface area contributed by atoms with Gasteiger partial charge in [0.1, 0.15) is 6.54 Å². The minimum absolute atomic E-state index is 0.117. The van der Waals surface area contributed by atoms with Crippen molar-refractivity contribution < 1.29 is 18.0 Å². The Morgan fingerprint density at radius 2 is 1.96 bits per heavy atom. The number of hydrogen-bond donors (Lipinski definition) is 0. The van der Waals surface area contributed by atoms with Crippen LogP contribution < -0.4 is 0 Å². The molecule has 0 atom stereocenters. The van der Waals surface area contributed by atoms with Gasteiger partial charge in [0, 0.05) is 18.6 Å². The van der Waals surface area contributed by atoms with Crippen molar-refractivity contribution >= 4 is 16.8 Å². The molecule has 0 unspecified atom stereocenters. The number of aryl methyl sites for hydroxylation is 2. The van der Waals surface area contributed by atoms with E-state index < -0.39 is 18.6 Å². The van der Waals surface area contributed by atoms with Crippen LogP contribution in [0.3, 0.4) is 0 Å². The number of nitrogens with zero attached hydrogens (tertiary/aromatic N) is 4. The van der Waals surface area contributed by atoms with Crippen molar-refractivity contribution in [1.29, 1.82) is 0 Å². The van der Waals surface area contributed by atoms with Gasteiger partial charge < -0.3 is 4.90 Å². The second kappa shape index (κ2) is 6.78. The molecule has 2 aromatic heterocycles. The number of aromatic nitrogens is 3. The van der Waals surface area contributed by atoms with E-state index >= 15 is 0 Å².